The van der Waals surface area contributed by atoms with Crippen LogP contribution in [0.5, 0.6) is 0 Å². The van der Waals surface area contributed by atoms with Gasteiger partial charge in [0.05, 0.1) is 6.54 Å². The first-order valence-electron chi connectivity index (χ1n) is 8.97. The van der Waals surface area contributed by atoms with Gasteiger partial charge in [-0.25, -0.2) is 9.38 Å². The molecule has 0 aliphatic rings. The molecule has 0 saturated carbocycles. The van der Waals surface area contributed by atoms with Crippen LogP contribution in [0.2, 0.25) is 0 Å². The standard InChI is InChI=1S/C21H29FN4/c1-5-23-21(24-13-17-8-6-7-16(2)11-17)25-14-18-9-10-20(22)19(12-18)15-26(3)4/h6-12H,5,13-15H2,1-4H3,(H2,23,24,25). The van der Waals surface area contributed by atoms with Gasteiger partial charge in [0.25, 0.3) is 0 Å². The van der Waals surface area contributed by atoms with Crippen molar-refractivity contribution < 1.29 is 4.39 Å². The molecule has 0 fully saturated rings. The van der Waals surface area contributed by atoms with Gasteiger partial charge in [-0.3, -0.25) is 0 Å². The van der Waals surface area contributed by atoms with E-state index in [0.717, 1.165) is 18.1 Å². The van der Waals surface area contributed by atoms with Gasteiger partial charge in [-0.05, 0) is 51.2 Å². The Labute approximate surface area is 156 Å². The minimum Gasteiger partial charge on any atom is -0.357 e. The average Bonchev–Trinajstić information content (AvgIpc) is 2.59. The highest BCUT2D eigenvalue weighted by Crippen LogP contribution is 2.12. The normalized spacial score (nSPS) is 11.7. The highest BCUT2D eigenvalue weighted by atomic mass is 19.1. The number of aryl methyl sites for hydroxylation is 1. The van der Waals surface area contributed by atoms with Gasteiger partial charge in [0.1, 0.15) is 5.82 Å². The van der Waals surface area contributed by atoms with Crippen LogP contribution in [0.4, 0.5) is 4.39 Å². The largest absolute Gasteiger partial charge is 0.357 e. The monoisotopic (exact) mass is 356 g/mol. The molecule has 5 heteroatoms. The van der Waals surface area contributed by atoms with Gasteiger partial charge in [-0.1, -0.05) is 35.9 Å². The number of benzene rings is 2. The molecule has 2 aromatic carbocycles. The van der Waals surface area contributed by atoms with E-state index in [4.69, 9.17) is 0 Å². The molecule has 0 unspecified atom stereocenters. The van der Waals surface area contributed by atoms with Crippen molar-refractivity contribution in [1.29, 1.82) is 0 Å². The fourth-order valence-corrected chi connectivity index (χ4v) is 2.71. The van der Waals surface area contributed by atoms with Gasteiger partial charge in [-0.2, -0.15) is 0 Å². The maximum Gasteiger partial charge on any atom is 0.191 e. The van der Waals surface area contributed by atoms with Gasteiger partial charge in [-0.15, -0.1) is 0 Å². The van der Waals surface area contributed by atoms with Crippen molar-refractivity contribution in [3.8, 4) is 0 Å². The molecule has 0 amide bonds. The van der Waals surface area contributed by atoms with Crippen LogP contribution >= 0.6 is 0 Å². The summed E-state index contributed by atoms with van der Waals surface area (Å²) >= 11 is 0. The summed E-state index contributed by atoms with van der Waals surface area (Å²) in [5.41, 5.74) is 4.15. The highest BCUT2D eigenvalue weighted by Gasteiger charge is 2.06. The highest BCUT2D eigenvalue weighted by molar-refractivity contribution is 5.79. The van der Waals surface area contributed by atoms with Gasteiger partial charge in [0, 0.05) is 25.2 Å². The fourth-order valence-electron chi connectivity index (χ4n) is 2.71. The van der Waals surface area contributed by atoms with E-state index in [2.05, 4.69) is 40.7 Å². The van der Waals surface area contributed by atoms with Gasteiger partial charge < -0.3 is 15.5 Å². The Morgan fingerprint density at radius 3 is 2.58 bits per heavy atom. The van der Waals surface area contributed by atoms with Crippen LogP contribution in [-0.4, -0.2) is 31.5 Å². The number of hydrogen-bond donors (Lipinski definition) is 2. The molecule has 2 aromatic rings. The Hall–Kier alpha value is -2.40. The number of aliphatic imine (C=N–C) groups is 1. The molecule has 0 saturated heterocycles. The van der Waals surface area contributed by atoms with Crippen molar-refractivity contribution in [3.63, 3.8) is 0 Å². The van der Waals surface area contributed by atoms with Crippen molar-refractivity contribution in [3.05, 3.63) is 70.5 Å². The van der Waals surface area contributed by atoms with E-state index in [1.807, 2.05) is 44.1 Å². The second-order valence-corrected chi connectivity index (χ2v) is 6.70. The summed E-state index contributed by atoms with van der Waals surface area (Å²) in [6.45, 7) is 6.70. The van der Waals surface area contributed by atoms with Crippen LogP contribution in [-0.2, 0) is 19.6 Å². The molecule has 0 atom stereocenters. The molecule has 0 aromatic heterocycles. The molecule has 0 bridgehead atoms. The lowest BCUT2D eigenvalue weighted by atomic mass is 10.1. The summed E-state index contributed by atoms with van der Waals surface area (Å²) in [5.74, 6) is 0.593. The number of hydrogen-bond acceptors (Lipinski definition) is 2. The van der Waals surface area contributed by atoms with Crippen molar-refractivity contribution in [2.75, 3.05) is 20.6 Å². The lowest BCUT2D eigenvalue weighted by molar-refractivity contribution is 0.392. The topological polar surface area (TPSA) is 39.7 Å². The summed E-state index contributed by atoms with van der Waals surface area (Å²) < 4.78 is 13.9. The molecule has 0 aliphatic carbocycles. The maximum atomic E-state index is 13.9. The van der Waals surface area contributed by atoms with Crippen molar-refractivity contribution in [2.24, 2.45) is 4.99 Å². The summed E-state index contributed by atoms with van der Waals surface area (Å²) in [6.07, 6.45) is 0. The maximum absolute atomic E-state index is 13.9. The average molecular weight is 356 g/mol. The molecule has 4 nitrogen and oxygen atoms in total. The molecular weight excluding hydrogens is 327 g/mol. The van der Waals surface area contributed by atoms with E-state index >= 15 is 0 Å². The van der Waals surface area contributed by atoms with Crippen LogP contribution < -0.4 is 10.6 Å². The Morgan fingerprint density at radius 1 is 1.08 bits per heavy atom. The predicted octanol–water partition coefficient (Wildman–Crippen LogP) is 3.45. The van der Waals surface area contributed by atoms with E-state index < -0.39 is 0 Å². The third kappa shape index (κ3) is 6.48. The second kappa shape index (κ2) is 9.92. The van der Waals surface area contributed by atoms with Crippen LogP contribution in [0.25, 0.3) is 0 Å². The van der Waals surface area contributed by atoms with E-state index in [9.17, 15) is 4.39 Å². The first-order valence-corrected chi connectivity index (χ1v) is 8.97. The first kappa shape index (κ1) is 19.9. The summed E-state index contributed by atoms with van der Waals surface area (Å²) in [4.78, 5) is 6.60. The molecule has 0 radical (unpaired) electrons. The zero-order valence-electron chi connectivity index (χ0n) is 16.1. The number of nitrogens with one attached hydrogen (secondary N) is 2. The smallest absolute Gasteiger partial charge is 0.191 e. The Kier molecular flexibility index (Phi) is 7.60. The van der Waals surface area contributed by atoms with E-state index in [0.29, 0.717) is 25.2 Å². The van der Waals surface area contributed by atoms with Gasteiger partial charge >= 0.3 is 0 Å². The molecule has 2 N–H and O–H groups in total. The number of rotatable bonds is 7. The first-order chi connectivity index (χ1) is 12.5. The molecule has 0 aliphatic heterocycles. The van der Waals surface area contributed by atoms with E-state index in [1.165, 1.54) is 17.2 Å². The summed E-state index contributed by atoms with van der Waals surface area (Å²) in [6, 6.07) is 13.6. The second-order valence-electron chi connectivity index (χ2n) is 6.70. The lowest BCUT2D eigenvalue weighted by Crippen LogP contribution is -2.36. The van der Waals surface area contributed by atoms with Crippen molar-refractivity contribution in [2.45, 2.75) is 33.5 Å². The van der Waals surface area contributed by atoms with Crippen LogP contribution in [0.15, 0.2) is 47.5 Å². The molecule has 140 valence electrons. The van der Waals surface area contributed by atoms with E-state index in [-0.39, 0.29) is 5.82 Å². The van der Waals surface area contributed by atoms with Gasteiger partial charge in [0.15, 0.2) is 5.96 Å². The predicted molar refractivity (Wildman–Crippen MR) is 107 cm³/mol. The van der Waals surface area contributed by atoms with Gasteiger partial charge in [0.2, 0.25) is 0 Å². The third-order valence-electron chi connectivity index (χ3n) is 3.90. The molecule has 0 spiro atoms. The van der Waals surface area contributed by atoms with Crippen molar-refractivity contribution in [1.82, 2.24) is 15.5 Å². The molecular formula is C21H29FN4. The summed E-state index contributed by atoms with van der Waals surface area (Å²) in [7, 11) is 3.87. The van der Waals surface area contributed by atoms with Crippen LogP contribution in [0.1, 0.15) is 29.2 Å². The number of nitrogens with zero attached hydrogens (tertiary/aromatic N) is 2. The zero-order chi connectivity index (χ0) is 18.9. The van der Waals surface area contributed by atoms with E-state index in [1.54, 1.807) is 0 Å². The summed E-state index contributed by atoms with van der Waals surface area (Å²) in [5, 5.41) is 6.58. The minimum atomic E-state index is -0.164. The zero-order valence-corrected chi connectivity index (χ0v) is 16.1. The molecule has 2 rings (SSSR count). The quantitative estimate of drug-likeness (QED) is 0.590. The Bertz CT molecular complexity index is 741. The Morgan fingerprint density at radius 2 is 1.88 bits per heavy atom. The number of halogens is 1. The fraction of sp³-hybridized carbons (Fsp3) is 0.381. The van der Waals surface area contributed by atoms with Crippen LogP contribution in [0.3, 0.4) is 0 Å². The molecule has 0 heterocycles. The Balaban J connectivity index is 2.02. The lowest BCUT2D eigenvalue weighted by Gasteiger charge is -2.14. The van der Waals surface area contributed by atoms with Crippen LogP contribution in [0, 0.1) is 12.7 Å². The molecule has 26 heavy (non-hydrogen) atoms. The minimum absolute atomic E-state index is 0.164. The van der Waals surface area contributed by atoms with Crippen molar-refractivity contribution >= 4 is 5.96 Å². The third-order valence-corrected chi connectivity index (χ3v) is 3.90. The number of guanidine groups is 1. The SMILES string of the molecule is CCNC(=NCc1cccc(C)c1)NCc1ccc(F)c(CN(C)C)c1.